The maximum absolute atomic E-state index is 5.26. The Bertz CT molecular complexity index is 822. The number of rotatable bonds is 5. The number of aromatic amines is 1. The minimum Gasteiger partial charge on any atom is -0.361 e. The normalized spacial score (nSPS) is 18.1. The molecule has 7 heteroatoms. The van der Waals surface area contributed by atoms with Crippen LogP contribution in [-0.2, 0) is 13.0 Å². The number of aryl methyl sites for hydroxylation is 2. The lowest BCUT2D eigenvalue weighted by molar-refractivity contribution is 0.312. The van der Waals surface area contributed by atoms with Crippen LogP contribution in [0.25, 0.3) is 11.3 Å². The molecule has 1 fully saturated rings. The Labute approximate surface area is 146 Å². The van der Waals surface area contributed by atoms with Gasteiger partial charge < -0.3 is 9.51 Å². The highest BCUT2D eigenvalue weighted by Gasteiger charge is 2.24. The molecule has 0 saturated carbocycles. The van der Waals surface area contributed by atoms with E-state index >= 15 is 0 Å². The molecule has 130 valence electrons. The van der Waals surface area contributed by atoms with Crippen molar-refractivity contribution in [2.45, 2.75) is 33.2 Å². The standard InChI is InChI=1S/C18H22N6O/c1-12-18(13(2)25-23-12)17-6-15(21-11-22-17)5-14-3-4-24(8-14)9-16-7-19-10-20-16/h6-7,10-11,14H,3-5,8-9H2,1-2H3,(H,19,20)/t14-/m1/s1. The highest BCUT2D eigenvalue weighted by atomic mass is 16.5. The van der Waals surface area contributed by atoms with Gasteiger partial charge >= 0.3 is 0 Å². The van der Waals surface area contributed by atoms with Crippen molar-refractivity contribution in [3.63, 3.8) is 0 Å². The summed E-state index contributed by atoms with van der Waals surface area (Å²) >= 11 is 0. The Morgan fingerprint density at radius 3 is 3.00 bits per heavy atom. The highest BCUT2D eigenvalue weighted by Crippen LogP contribution is 2.27. The monoisotopic (exact) mass is 338 g/mol. The van der Waals surface area contributed by atoms with Gasteiger partial charge in [-0.15, -0.1) is 0 Å². The highest BCUT2D eigenvalue weighted by molar-refractivity contribution is 5.63. The first-order valence-electron chi connectivity index (χ1n) is 8.63. The summed E-state index contributed by atoms with van der Waals surface area (Å²) in [5, 5.41) is 4.02. The molecule has 3 aromatic heterocycles. The van der Waals surface area contributed by atoms with E-state index in [0.29, 0.717) is 5.92 Å². The Morgan fingerprint density at radius 1 is 1.32 bits per heavy atom. The van der Waals surface area contributed by atoms with Gasteiger partial charge in [-0.25, -0.2) is 15.0 Å². The molecular formula is C18H22N6O. The van der Waals surface area contributed by atoms with E-state index in [1.165, 1.54) is 12.1 Å². The number of nitrogens with zero attached hydrogens (tertiary/aromatic N) is 5. The van der Waals surface area contributed by atoms with Crippen molar-refractivity contribution in [2.24, 2.45) is 5.92 Å². The van der Waals surface area contributed by atoms with Crippen LogP contribution in [0.4, 0.5) is 0 Å². The summed E-state index contributed by atoms with van der Waals surface area (Å²) in [4.78, 5) is 18.6. The number of aromatic nitrogens is 5. The first-order valence-corrected chi connectivity index (χ1v) is 8.63. The van der Waals surface area contributed by atoms with E-state index in [0.717, 1.165) is 54.5 Å². The molecule has 0 spiro atoms. The van der Waals surface area contributed by atoms with Crippen LogP contribution < -0.4 is 0 Å². The van der Waals surface area contributed by atoms with E-state index in [1.54, 1.807) is 12.7 Å². The first-order chi connectivity index (χ1) is 12.2. The van der Waals surface area contributed by atoms with E-state index in [4.69, 9.17) is 4.52 Å². The van der Waals surface area contributed by atoms with Gasteiger partial charge in [0.2, 0.25) is 0 Å². The molecule has 3 aromatic rings. The van der Waals surface area contributed by atoms with Crippen molar-refractivity contribution in [3.05, 3.63) is 47.8 Å². The van der Waals surface area contributed by atoms with E-state index in [-0.39, 0.29) is 0 Å². The molecule has 1 N–H and O–H groups in total. The van der Waals surface area contributed by atoms with Crippen LogP contribution in [0.2, 0.25) is 0 Å². The minimum atomic E-state index is 0.621. The number of likely N-dealkylation sites (tertiary alicyclic amines) is 1. The lowest BCUT2D eigenvalue weighted by Gasteiger charge is -2.14. The van der Waals surface area contributed by atoms with Crippen molar-refractivity contribution >= 4 is 0 Å². The molecule has 0 amide bonds. The maximum Gasteiger partial charge on any atom is 0.143 e. The number of imidazole rings is 1. The molecule has 0 unspecified atom stereocenters. The smallest absolute Gasteiger partial charge is 0.143 e. The third-order valence-electron chi connectivity index (χ3n) is 4.83. The van der Waals surface area contributed by atoms with Gasteiger partial charge in [-0.2, -0.15) is 0 Å². The van der Waals surface area contributed by atoms with Gasteiger partial charge in [0.1, 0.15) is 12.1 Å². The van der Waals surface area contributed by atoms with Crippen LogP contribution in [0.5, 0.6) is 0 Å². The molecule has 0 bridgehead atoms. The molecule has 0 aliphatic carbocycles. The Morgan fingerprint density at radius 2 is 2.24 bits per heavy atom. The molecule has 0 aromatic carbocycles. The van der Waals surface area contributed by atoms with Gasteiger partial charge in [0, 0.05) is 30.7 Å². The predicted molar refractivity (Wildman–Crippen MR) is 92.7 cm³/mol. The molecule has 7 nitrogen and oxygen atoms in total. The zero-order valence-electron chi connectivity index (χ0n) is 14.6. The minimum absolute atomic E-state index is 0.621. The van der Waals surface area contributed by atoms with E-state index in [9.17, 15) is 0 Å². The molecule has 0 radical (unpaired) electrons. The summed E-state index contributed by atoms with van der Waals surface area (Å²) in [5.74, 6) is 1.42. The van der Waals surface area contributed by atoms with Gasteiger partial charge in [-0.1, -0.05) is 5.16 Å². The summed E-state index contributed by atoms with van der Waals surface area (Å²) in [7, 11) is 0. The lowest BCUT2D eigenvalue weighted by atomic mass is 10.0. The number of hydrogen-bond donors (Lipinski definition) is 1. The third kappa shape index (κ3) is 3.46. The average molecular weight is 338 g/mol. The average Bonchev–Trinajstić information content (AvgIpc) is 3.32. The fraction of sp³-hybridized carbons (Fsp3) is 0.444. The molecule has 4 heterocycles. The van der Waals surface area contributed by atoms with Gasteiger partial charge in [-0.05, 0) is 45.2 Å². The van der Waals surface area contributed by atoms with Crippen molar-refractivity contribution in [2.75, 3.05) is 13.1 Å². The second-order valence-electron chi connectivity index (χ2n) is 6.76. The Kier molecular flexibility index (Phi) is 4.31. The fourth-order valence-corrected chi connectivity index (χ4v) is 3.63. The van der Waals surface area contributed by atoms with Crippen LogP contribution in [0.15, 0.2) is 29.4 Å². The zero-order valence-corrected chi connectivity index (χ0v) is 14.6. The molecule has 1 atom stereocenters. The Hall–Kier alpha value is -2.54. The lowest BCUT2D eigenvalue weighted by Crippen LogP contribution is -2.21. The van der Waals surface area contributed by atoms with E-state index in [1.807, 2.05) is 20.0 Å². The topological polar surface area (TPSA) is 83.7 Å². The largest absolute Gasteiger partial charge is 0.361 e. The van der Waals surface area contributed by atoms with Crippen LogP contribution in [0.3, 0.4) is 0 Å². The molecular weight excluding hydrogens is 316 g/mol. The zero-order chi connectivity index (χ0) is 17.2. The van der Waals surface area contributed by atoms with Crippen molar-refractivity contribution in [1.82, 2.24) is 30.0 Å². The molecule has 4 rings (SSSR count). The summed E-state index contributed by atoms with van der Waals surface area (Å²) in [5.41, 5.74) is 5.00. The van der Waals surface area contributed by atoms with Crippen LogP contribution >= 0.6 is 0 Å². The molecule has 1 saturated heterocycles. The number of nitrogens with one attached hydrogen (secondary N) is 1. The second-order valence-corrected chi connectivity index (χ2v) is 6.76. The summed E-state index contributed by atoms with van der Waals surface area (Å²) in [6, 6.07) is 2.07. The van der Waals surface area contributed by atoms with Gasteiger partial charge in [-0.3, -0.25) is 4.90 Å². The van der Waals surface area contributed by atoms with Gasteiger partial charge in [0.05, 0.1) is 23.3 Å². The van der Waals surface area contributed by atoms with Crippen LogP contribution in [-0.4, -0.2) is 43.1 Å². The van der Waals surface area contributed by atoms with Crippen LogP contribution in [0.1, 0.15) is 29.3 Å². The first kappa shape index (κ1) is 16.0. The molecule has 25 heavy (non-hydrogen) atoms. The summed E-state index contributed by atoms with van der Waals surface area (Å²) < 4.78 is 5.26. The second kappa shape index (κ2) is 6.76. The summed E-state index contributed by atoms with van der Waals surface area (Å²) in [6.07, 6.45) is 7.44. The number of hydrogen-bond acceptors (Lipinski definition) is 6. The van der Waals surface area contributed by atoms with Crippen molar-refractivity contribution < 1.29 is 4.52 Å². The number of H-pyrrole nitrogens is 1. The van der Waals surface area contributed by atoms with Gasteiger partial charge in [0.15, 0.2) is 0 Å². The third-order valence-corrected chi connectivity index (χ3v) is 4.83. The van der Waals surface area contributed by atoms with Crippen molar-refractivity contribution in [3.8, 4) is 11.3 Å². The summed E-state index contributed by atoms with van der Waals surface area (Å²) in [6.45, 7) is 7.00. The van der Waals surface area contributed by atoms with E-state index in [2.05, 4.69) is 36.1 Å². The quantitative estimate of drug-likeness (QED) is 0.769. The van der Waals surface area contributed by atoms with Gasteiger partial charge in [0.25, 0.3) is 0 Å². The molecule has 1 aliphatic rings. The predicted octanol–water partition coefficient (Wildman–Crippen LogP) is 2.54. The SMILES string of the molecule is Cc1noc(C)c1-c1cc(C[C@H]2CCN(Cc3cnc[nH]3)C2)ncn1. The van der Waals surface area contributed by atoms with E-state index < -0.39 is 0 Å². The van der Waals surface area contributed by atoms with Crippen molar-refractivity contribution in [1.29, 1.82) is 0 Å². The van der Waals surface area contributed by atoms with Crippen LogP contribution in [0, 0.1) is 19.8 Å². The fourth-order valence-electron chi connectivity index (χ4n) is 3.63. The maximum atomic E-state index is 5.26. The molecule has 1 aliphatic heterocycles. The Balaban J connectivity index is 1.43.